The lowest BCUT2D eigenvalue weighted by molar-refractivity contribution is 0.308. The zero-order valence-electron chi connectivity index (χ0n) is 12.2. The molecule has 0 spiro atoms. The van der Waals surface area contributed by atoms with Crippen LogP contribution in [0.1, 0.15) is 29.6 Å². The van der Waals surface area contributed by atoms with E-state index < -0.39 is 0 Å². The number of hydrogen-bond acceptors (Lipinski definition) is 5. The summed E-state index contributed by atoms with van der Waals surface area (Å²) in [6.45, 7) is 4.33. The van der Waals surface area contributed by atoms with Crippen LogP contribution in [0.25, 0.3) is 0 Å². The van der Waals surface area contributed by atoms with E-state index in [4.69, 9.17) is 9.26 Å². The smallest absolute Gasteiger partial charge is 0.231 e. The van der Waals surface area contributed by atoms with E-state index >= 15 is 0 Å². The number of benzene rings is 1. The molecular weight excluding hydrogens is 273 g/mol. The molecule has 1 aromatic carbocycles. The highest BCUT2D eigenvalue weighted by Gasteiger charge is 2.28. The predicted octanol–water partition coefficient (Wildman–Crippen LogP) is 2.52. The number of ether oxygens (including phenoxy) is 1. The van der Waals surface area contributed by atoms with Gasteiger partial charge in [0.15, 0.2) is 17.4 Å². The summed E-state index contributed by atoms with van der Waals surface area (Å²) in [5, 5.41) is 3.83. The molecule has 1 atom stereocenters. The zero-order valence-corrected chi connectivity index (χ0v) is 12.2. The second-order valence-electron chi connectivity index (χ2n) is 5.37. The van der Waals surface area contributed by atoms with Crippen LogP contribution in [0.15, 0.2) is 22.7 Å². The minimum atomic E-state index is -0.321. The fourth-order valence-corrected chi connectivity index (χ4v) is 2.72. The average molecular weight is 291 g/mol. The molecular formula is C15H18FN3O2. The number of methoxy groups -OCH3 is 1. The molecule has 21 heavy (non-hydrogen) atoms. The Morgan fingerprint density at radius 2 is 2.33 bits per heavy atom. The van der Waals surface area contributed by atoms with Gasteiger partial charge in [0.2, 0.25) is 5.89 Å². The maximum Gasteiger partial charge on any atom is 0.231 e. The first kappa shape index (κ1) is 14.0. The third-order valence-corrected chi connectivity index (χ3v) is 3.79. The number of rotatable bonds is 4. The van der Waals surface area contributed by atoms with Crippen LogP contribution in [0.2, 0.25) is 0 Å². The van der Waals surface area contributed by atoms with Crippen molar-refractivity contribution in [2.75, 3.05) is 20.2 Å². The Balaban J connectivity index is 1.63. The summed E-state index contributed by atoms with van der Waals surface area (Å²) in [6, 6.07) is 5.09. The van der Waals surface area contributed by atoms with Gasteiger partial charge in [-0.2, -0.15) is 4.98 Å². The standard InChI is InChI=1S/C15H18FN3O2/c1-10-17-15(21-18-10)12-5-6-19(9-12)8-11-3-4-14(20-2)13(16)7-11/h3-4,7,12H,5-6,8-9H2,1-2H3. The molecule has 1 saturated heterocycles. The van der Waals surface area contributed by atoms with Crippen molar-refractivity contribution in [3.8, 4) is 5.75 Å². The van der Waals surface area contributed by atoms with Crippen molar-refractivity contribution in [2.24, 2.45) is 0 Å². The molecule has 1 fully saturated rings. The van der Waals surface area contributed by atoms with E-state index in [2.05, 4.69) is 15.0 Å². The van der Waals surface area contributed by atoms with Gasteiger partial charge < -0.3 is 9.26 Å². The third kappa shape index (κ3) is 3.05. The van der Waals surface area contributed by atoms with Crippen LogP contribution < -0.4 is 4.74 Å². The quantitative estimate of drug-likeness (QED) is 0.866. The van der Waals surface area contributed by atoms with Gasteiger partial charge in [-0.25, -0.2) is 4.39 Å². The van der Waals surface area contributed by atoms with Crippen LogP contribution in [0.5, 0.6) is 5.75 Å². The Kier molecular flexibility index (Phi) is 3.88. The summed E-state index contributed by atoms with van der Waals surface area (Å²) in [7, 11) is 1.47. The van der Waals surface area contributed by atoms with Gasteiger partial charge in [0.05, 0.1) is 13.0 Å². The van der Waals surface area contributed by atoms with Gasteiger partial charge in [-0.1, -0.05) is 11.2 Å². The van der Waals surface area contributed by atoms with Crippen molar-refractivity contribution in [3.63, 3.8) is 0 Å². The SMILES string of the molecule is COc1ccc(CN2CCC(c3nc(C)no3)C2)cc1F. The van der Waals surface area contributed by atoms with Gasteiger partial charge in [0.25, 0.3) is 0 Å². The second kappa shape index (κ2) is 5.81. The number of aryl methyl sites for hydroxylation is 1. The van der Waals surface area contributed by atoms with Crippen LogP contribution >= 0.6 is 0 Å². The molecule has 6 heteroatoms. The highest BCUT2D eigenvalue weighted by atomic mass is 19.1. The molecule has 1 unspecified atom stereocenters. The topological polar surface area (TPSA) is 51.4 Å². The maximum atomic E-state index is 13.7. The van der Waals surface area contributed by atoms with Gasteiger partial charge in [-0.05, 0) is 37.6 Å². The number of nitrogens with zero attached hydrogens (tertiary/aromatic N) is 3. The number of hydrogen-bond donors (Lipinski definition) is 0. The minimum Gasteiger partial charge on any atom is -0.494 e. The van der Waals surface area contributed by atoms with E-state index in [-0.39, 0.29) is 17.5 Å². The van der Waals surface area contributed by atoms with Crippen molar-refractivity contribution in [3.05, 3.63) is 41.3 Å². The lowest BCUT2D eigenvalue weighted by atomic mass is 10.1. The highest BCUT2D eigenvalue weighted by Crippen LogP contribution is 2.27. The zero-order chi connectivity index (χ0) is 14.8. The molecule has 0 aliphatic carbocycles. The molecule has 112 valence electrons. The maximum absolute atomic E-state index is 13.7. The molecule has 2 aromatic rings. The fraction of sp³-hybridized carbons (Fsp3) is 0.467. The molecule has 2 heterocycles. The first-order valence-corrected chi connectivity index (χ1v) is 7.00. The van der Waals surface area contributed by atoms with Gasteiger partial charge in [-0.3, -0.25) is 4.90 Å². The summed E-state index contributed by atoms with van der Waals surface area (Å²) in [5.41, 5.74) is 0.940. The Labute approximate surface area is 122 Å². The summed E-state index contributed by atoms with van der Waals surface area (Å²) < 4.78 is 23.9. The van der Waals surface area contributed by atoms with Crippen molar-refractivity contribution in [1.29, 1.82) is 0 Å². The van der Waals surface area contributed by atoms with Crippen molar-refractivity contribution in [1.82, 2.24) is 15.0 Å². The summed E-state index contributed by atoms with van der Waals surface area (Å²) in [5.74, 6) is 1.60. The Bertz CT molecular complexity index is 629. The molecule has 0 amide bonds. The van der Waals surface area contributed by atoms with E-state index in [1.165, 1.54) is 13.2 Å². The number of aromatic nitrogens is 2. The molecule has 1 aromatic heterocycles. The first-order chi connectivity index (χ1) is 10.2. The normalized spacial score (nSPS) is 19.1. The van der Waals surface area contributed by atoms with Gasteiger partial charge >= 0.3 is 0 Å². The van der Waals surface area contributed by atoms with E-state index in [1.54, 1.807) is 6.07 Å². The van der Waals surface area contributed by atoms with Gasteiger partial charge in [-0.15, -0.1) is 0 Å². The molecule has 0 saturated carbocycles. The third-order valence-electron chi connectivity index (χ3n) is 3.79. The van der Waals surface area contributed by atoms with Gasteiger partial charge in [0, 0.05) is 13.1 Å². The Hall–Kier alpha value is -1.95. The molecule has 0 N–H and O–H groups in total. The summed E-state index contributed by atoms with van der Waals surface area (Å²) >= 11 is 0. The molecule has 0 radical (unpaired) electrons. The first-order valence-electron chi connectivity index (χ1n) is 7.00. The number of halogens is 1. The van der Waals surface area contributed by atoms with Gasteiger partial charge in [0.1, 0.15) is 0 Å². The van der Waals surface area contributed by atoms with Crippen LogP contribution in [-0.2, 0) is 6.54 Å². The second-order valence-corrected chi connectivity index (χ2v) is 5.37. The van der Waals surface area contributed by atoms with Crippen molar-refractivity contribution < 1.29 is 13.7 Å². The van der Waals surface area contributed by atoms with E-state index in [0.29, 0.717) is 18.3 Å². The minimum absolute atomic E-state index is 0.272. The van der Waals surface area contributed by atoms with Crippen LogP contribution in [0.3, 0.4) is 0 Å². The van der Waals surface area contributed by atoms with Crippen molar-refractivity contribution in [2.45, 2.75) is 25.8 Å². The van der Waals surface area contributed by atoms with E-state index in [0.717, 1.165) is 25.1 Å². The molecule has 1 aliphatic rings. The molecule has 5 nitrogen and oxygen atoms in total. The molecule has 0 bridgehead atoms. The predicted molar refractivity (Wildman–Crippen MR) is 74.6 cm³/mol. The van der Waals surface area contributed by atoms with Crippen molar-refractivity contribution >= 4 is 0 Å². The average Bonchev–Trinajstić information content (AvgIpc) is 3.08. The largest absolute Gasteiger partial charge is 0.494 e. The molecule has 3 rings (SSSR count). The molecule has 1 aliphatic heterocycles. The lowest BCUT2D eigenvalue weighted by Gasteiger charge is -2.15. The van der Waals surface area contributed by atoms with E-state index in [9.17, 15) is 4.39 Å². The lowest BCUT2D eigenvalue weighted by Crippen LogP contribution is -2.19. The monoisotopic (exact) mass is 291 g/mol. The van der Waals surface area contributed by atoms with Crippen LogP contribution in [0, 0.1) is 12.7 Å². The van der Waals surface area contributed by atoms with Crippen LogP contribution in [-0.4, -0.2) is 35.2 Å². The fourth-order valence-electron chi connectivity index (χ4n) is 2.72. The Morgan fingerprint density at radius 3 is 3.00 bits per heavy atom. The summed E-state index contributed by atoms with van der Waals surface area (Å²) in [6.07, 6.45) is 0.986. The summed E-state index contributed by atoms with van der Waals surface area (Å²) in [4.78, 5) is 6.56. The number of likely N-dealkylation sites (tertiary alicyclic amines) is 1. The van der Waals surface area contributed by atoms with E-state index in [1.807, 2.05) is 13.0 Å². The van der Waals surface area contributed by atoms with Crippen LogP contribution in [0.4, 0.5) is 4.39 Å². The highest BCUT2D eigenvalue weighted by molar-refractivity contribution is 5.29. The Morgan fingerprint density at radius 1 is 1.48 bits per heavy atom.